The third-order valence-corrected chi connectivity index (χ3v) is 3.73. The maximum absolute atomic E-state index is 12.8. The molecule has 21 heavy (non-hydrogen) atoms. The molecule has 2 aromatic carbocycles. The molecular weight excluding hydrogens is 379 g/mol. The first-order chi connectivity index (χ1) is 10.2. The highest BCUT2D eigenvalue weighted by Gasteiger charge is 2.11. The van der Waals surface area contributed by atoms with E-state index in [2.05, 4.69) is 32.7 Å². The number of nitrogens with two attached hydrogens (primary N) is 1. The van der Waals surface area contributed by atoms with Crippen LogP contribution >= 0.6 is 22.6 Å². The zero-order valence-electron chi connectivity index (χ0n) is 10.9. The van der Waals surface area contributed by atoms with Crippen molar-refractivity contribution in [3.63, 3.8) is 0 Å². The van der Waals surface area contributed by atoms with Gasteiger partial charge in [0, 0.05) is 3.57 Å². The molecule has 1 aromatic heterocycles. The fourth-order valence-electron chi connectivity index (χ4n) is 2.15. The van der Waals surface area contributed by atoms with Gasteiger partial charge >= 0.3 is 0 Å². The Bertz CT molecular complexity index is 887. The normalized spacial score (nSPS) is 11.3. The van der Waals surface area contributed by atoms with Gasteiger partial charge in [-0.05, 0) is 52.9 Å². The summed E-state index contributed by atoms with van der Waals surface area (Å²) in [6.45, 7) is 0. The van der Waals surface area contributed by atoms with Gasteiger partial charge in [0.1, 0.15) is 0 Å². The van der Waals surface area contributed by atoms with Crippen LogP contribution in [0.1, 0.15) is 5.82 Å². The topological polar surface area (TPSA) is 73.3 Å². The summed E-state index contributed by atoms with van der Waals surface area (Å²) >= 11 is 2.17. The summed E-state index contributed by atoms with van der Waals surface area (Å²) in [6, 6.07) is 14.9. The highest BCUT2D eigenvalue weighted by atomic mass is 127. The number of hydrogen-bond acceptors (Lipinski definition) is 4. The van der Waals surface area contributed by atoms with Gasteiger partial charge in [0.25, 0.3) is 5.56 Å². The molecule has 0 fully saturated rings. The third kappa shape index (κ3) is 2.54. The summed E-state index contributed by atoms with van der Waals surface area (Å²) in [5, 5.41) is 4.08. The van der Waals surface area contributed by atoms with Crippen molar-refractivity contribution in [1.82, 2.24) is 9.55 Å². The number of fused-ring (bicyclic) bond motifs is 1. The Morgan fingerprint density at radius 1 is 1.19 bits per heavy atom. The number of benzene rings is 2. The highest BCUT2D eigenvalue weighted by Crippen LogP contribution is 2.15. The van der Waals surface area contributed by atoms with Gasteiger partial charge in [-0.1, -0.05) is 18.2 Å². The molecule has 0 aliphatic carbocycles. The molecule has 2 N–H and O–H groups in total. The van der Waals surface area contributed by atoms with Crippen molar-refractivity contribution in [2.24, 2.45) is 10.9 Å². The van der Waals surface area contributed by atoms with Crippen molar-refractivity contribution < 1.29 is 0 Å². The van der Waals surface area contributed by atoms with Crippen LogP contribution in [0.5, 0.6) is 0 Å². The molecule has 0 unspecified atom stereocenters. The monoisotopic (exact) mass is 390 g/mol. The van der Waals surface area contributed by atoms with E-state index in [1.54, 1.807) is 0 Å². The number of hydrazone groups is 1. The Labute approximate surface area is 134 Å². The summed E-state index contributed by atoms with van der Waals surface area (Å²) in [4.78, 5) is 17.3. The highest BCUT2D eigenvalue weighted by molar-refractivity contribution is 14.1. The first-order valence-electron chi connectivity index (χ1n) is 6.21. The molecule has 104 valence electrons. The zero-order chi connectivity index (χ0) is 14.8. The fraction of sp³-hybridized carbons (Fsp3) is 0. The molecule has 0 amide bonds. The minimum atomic E-state index is -0.139. The molecule has 0 saturated heterocycles. The Kier molecular flexibility index (Phi) is 3.70. The lowest BCUT2D eigenvalue weighted by Gasteiger charge is -2.10. The number of halogens is 1. The number of aromatic nitrogens is 2. The van der Waals surface area contributed by atoms with Gasteiger partial charge in [0.05, 0.1) is 22.8 Å². The van der Waals surface area contributed by atoms with Gasteiger partial charge in [-0.3, -0.25) is 9.36 Å². The lowest BCUT2D eigenvalue weighted by atomic mass is 10.2. The maximum Gasteiger partial charge on any atom is 0.266 e. The molecule has 0 atom stereocenters. The second-order valence-electron chi connectivity index (χ2n) is 4.39. The van der Waals surface area contributed by atoms with Crippen LogP contribution in [0.3, 0.4) is 0 Å². The van der Waals surface area contributed by atoms with E-state index in [-0.39, 0.29) is 5.56 Å². The van der Waals surface area contributed by atoms with Crippen molar-refractivity contribution in [2.75, 3.05) is 0 Å². The Morgan fingerprint density at radius 3 is 2.67 bits per heavy atom. The van der Waals surface area contributed by atoms with Crippen LogP contribution in [0, 0.1) is 3.57 Å². The van der Waals surface area contributed by atoms with Crippen molar-refractivity contribution in [1.29, 1.82) is 0 Å². The van der Waals surface area contributed by atoms with Gasteiger partial charge in [0.15, 0.2) is 5.82 Å². The molecule has 3 aromatic rings. The van der Waals surface area contributed by atoms with Gasteiger partial charge in [0.2, 0.25) is 0 Å². The molecule has 3 rings (SSSR count). The predicted molar refractivity (Wildman–Crippen MR) is 91.8 cm³/mol. The molecule has 0 spiro atoms. The van der Waals surface area contributed by atoms with Crippen molar-refractivity contribution in [3.8, 4) is 5.69 Å². The number of hydrogen-bond donors (Lipinski definition) is 1. The smallest absolute Gasteiger partial charge is 0.266 e. The summed E-state index contributed by atoms with van der Waals surface area (Å²) in [5.74, 6) is 5.64. The predicted octanol–water partition coefficient (Wildman–Crippen LogP) is 2.28. The summed E-state index contributed by atoms with van der Waals surface area (Å²) in [5.41, 5.74) is 1.22. The summed E-state index contributed by atoms with van der Waals surface area (Å²) in [6.07, 6.45) is 1.38. The Morgan fingerprint density at radius 2 is 1.95 bits per heavy atom. The quantitative estimate of drug-likeness (QED) is 0.316. The van der Waals surface area contributed by atoms with Crippen LogP contribution < -0.4 is 11.4 Å². The fourth-order valence-corrected chi connectivity index (χ4v) is 2.65. The lowest BCUT2D eigenvalue weighted by Crippen LogP contribution is -2.24. The molecule has 1 heterocycles. The maximum atomic E-state index is 12.8. The second-order valence-corrected chi connectivity index (χ2v) is 5.63. The standard InChI is InChI=1S/C15H11IN4O/c16-10-6-7-13-12(8-10)15(21)20(14(19-13)9-18-17)11-4-2-1-3-5-11/h1-9H,17H2/b18-9+. The van der Waals surface area contributed by atoms with Crippen molar-refractivity contribution in [3.05, 3.63) is 68.3 Å². The van der Waals surface area contributed by atoms with Gasteiger partial charge in [-0.25, -0.2) is 4.98 Å². The number of nitrogens with zero attached hydrogens (tertiary/aromatic N) is 3. The third-order valence-electron chi connectivity index (χ3n) is 3.06. The van der Waals surface area contributed by atoms with Crippen molar-refractivity contribution in [2.45, 2.75) is 0 Å². The molecular formula is C15H11IN4O. The summed E-state index contributed by atoms with van der Waals surface area (Å²) < 4.78 is 2.49. The van der Waals surface area contributed by atoms with Crippen LogP contribution in [0.4, 0.5) is 0 Å². The van der Waals surface area contributed by atoms with E-state index < -0.39 is 0 Å². The van der Waals surface area contributed by atoms with Gasteiger partial charge in [-0.2, -0.15) is 5.10 Å². The molecule has 5 nitrogen and oxygen atoms in total. The zero-order valence-corrected chi connectivity index (χ0v) is 13.1. The molecule has 6 heteroatoms. The van der Waals surface area contributed by atoms with E-state index >= 15 is 0 Å². The van der Waals surface area contributed by atoms with E-state index in [9.17, 15) is 4.79 Å². The van der Waals surface area contributed by atoms with E-state index in [0.717, 1.165) is 9.26 Å². The van der Waals surface area contributed by atoms with E-state index in [1.807, 2.05) is 48.5 Å². The second kappa shape index (κ2) is 5.65. The minimum absolute atomic E-state index is 0.139. The molecule has 0 bridgehead atoms. The lowest BCUT2D eigenvalue weighted by molar-refractivity contribution is 0.946. The molecule has 0 saturated carbocycles. The van der Waals surface area contributed by atoms with Crippen LogP contribution in [-0.2, 0) is 0 Å². The minimum Gasteiger partial charge on any atom is -0.323 e. The number of para-hydroxylation sites is 1. The Balaban J connectivity index is 2.43. The van der Waals surface area contributed by atoms with Crippen LogP contribution in [0.15, 0.2) is 58.4 Å². The SMILES string of the molecule is N/N=C/c1nc2ccc(I)cc2c(=O)n1-c1ccccc1. The van der Waals surface area contributed by atoms with Crippen LogP contribution in [0.25, 0.3) is 16.6 Å². The number of rotatable bonds is 2. The van der Waals surface area contributed by atoms with Gasteiger partial charge in [-0.15, -0.1) is 0 Å². The largest absolute Gasteiger partial charge is 0.323 e. The summed E-state index contributed by atoms with van der Waals surface area (Å²) in [7, 11) is 0. The average Bonchev–Trinajstić information content (AvgIpc) is 2.50. The van der Waals surface area contributed by atoms with Crippen molar-refractivity contribution >= 4 is 39.7 Å². The molecule has 0 aliphatic heterocycles. The van der Waals surface area contributed by atoms with E-state index in [4.69, 9.17) is 5.84 Å². The average molecular weight is 390 g/mol. The van der Waals surface area contributed by atoms with E-state index in [1.165, 1.54) is 10.8 Å². The first kappa shape index (κ1) is 13.7. The first-order valence-corrected chi connectivity index (χ1v) is 7.29. The van der Waals surface area contributed by atoms with Crippen LogP contribution in [-0.4, -0.2) is 15.8 Å². The Hall–Kier alpha value is -2.22. The molecule has 0 radical (unpaired) electrons. The van der Waals surface area contributed by atoms with Crippen LogP contribution in [0.2, 0.25) is 0 Å². The molecule has 0 aliphatic rings. The van der Waals surface area contributed by atoms with E-state index in [0.29, 0.717) is 16.7 Å². The van der Waals surface area contributed by atoms with Gasteiger partial charge < -0.3 is 5.84 Å².